The van der Waals surface area contributed by atoms with E-state index in [0.717, 1.165) is 45.1 Å². The van der Waals surface area contributed by atoms with Crippen LogP contribution in [-0.4, -0.2) is 72.3 Å². The number of likely N-dealkylation sites (tertiary alicyclic amines) is 1. The number of likely N-dealkylation sites (N-methyl/N-ethyl adjacent to an activating group) is 1. The van der Waals surface area contributed by atoms with Gasteiger partial charge in [-0.3, -0.25) is 9.89 Å². The molecule has 1 atom stereocenters. The van der Waals surface area contributed by atoms with Gasteiger partial charge >= 0.3 is 0 Å². The second-order valence-electron chi connectivity index (χ2n) is 5.35. The van der Waals surface area contributed by atoms with Gasteiger partial charge in [-0.05, 0) is 33.7 Å². The number of rotatable bonds is 6. The molecule has 19 heavy (non-hydrogen) atoms. The standard InChI is InChI=1S/C14H30N4O/c1-5-15-14(18-9-7-13(19)11-18)16-8-10-17(6-2)12(3)4/h12-13,19H,5-11H2,1-4H3,(H,15,16)/t13-/m1/s1. The van der Waals surface area contributed by atoms with E-state index in [4.69, 9.17) is 0 Å². The molecule has 0 aromatic heterocycles. The monoisotopic (exact) mass is 270 g/mol. The molecule has 0 bridgehead atoms. The van der Waals surface area contributed by atoms with E-state index in [1.165, 1.54) is 0 Å². The lowest BCUT2D eigenvalue weighted by Gasteiger charge is -2.25. The number of aliphatic imine (C=N–C) groups is 1. The minimum atomic E-state index is -0.202. The summed E-state index contributed by atoms with van der Waals surface area (Å²) < 4.78 is 0. The molecule has 1 aliphatic rings. The van der Waals surface area contributed by atoms with E-state index >= 15 is 0 Å². The third kappa shape index (κ3) is 5.37. The number of aliphatic hydroxyl groups excluding tert-OH is 1. The summed E-state index contributed by atoms with van der Waals surface area (Å²) in [7, 11) is 0. The lowest BCUT2D eigenvalue weighted by molar-refractivity contribution is 0.187. The van der Waals surface area contributed by atoms with Gasteiger partial charge in [-0.25, -0.2) is 0 Å². The zero-order valence-electron chi connectivity index (χ0n) is 12.9. The highest BCUT2D eigenvalue weighted by molar-refractivity contribution is 5.80. The smallest absolute Gasteiger partial charge is 0.194 e. The Hall–Kier alpha value is -0.810. The summed E-state index contributed by atoms with van der Waals surface area (Å²) in [5, 5.41) is 12.9. The molecule has 0 unspecified atom stereocenters. The van der Waals surface area contributed by atoms with E-state index in [0.29, 0.717) is 12.6 Å². The molecule has 0 aliphatic carbocycles. The summed E-state index contributed by atoms with van der Waals surface area (Å²) >= 11 is 0. The molecular weight excluding hydrogens is 240 g/mol. The van der Waals surface area contributed by atoms with Crippen molar-refractivity contribution in [2.45, 2.75) is 46.3 Å². The summed E-state index contributed by atoms with van der Waals surface area (Å²) in [5.74, 6) is 0.943. The molecule has 0 radical (unpaired) electrons. The maximum Gasteiger partial charge on any atom is 0.194 e. The Morgan fingerprint density at radius 1 is 1.47 bits per heavy atom. The zero-order chi connectivity index (χ0) is 14.3. The number of guanidine groups is 1. The SMILES string of the molecule is CCNC(=NCCN(CC)C(C)C)N1CC[C@@H](O)C1. The van der Waals surface area contributed by atoms with Gasteiger partial charge in [0.25, 0.3) is 0 Å². The van der Waals surface area contributed by atoms with Crippen LogP contribution in [0.25, 0.3) is 0 Å². The summed E-state index contributed by atoms with van der Waals surface area (Å²) in [4.78, 5) is 9.24. The average molecular weight is 270 g/mol. The van der Waals surface area contributed by atoms with E-state index < -0.39 is 0 Å². The molecule has 5 heteroatoms. The molecule has 1 saturated heterocycles. The van der Waals surface area contributed by atoms with Crippen molar-refractivity contribution < 1.29 is 5.11 Å². The van der Waals surface area contributed by atoms with Crippen molar-refractivity contribution in [3.05, 3.63) is 0 Å². The van der Waals surface area contributed by atoms with Crippen molar-refractivity contribution in [2.24, 2.45) is 4.99 Å². The van der Waals surface area contributed by atoms with Crippen LogP contribution in [0.4, 0.5) is 0 Å². The van der Waals surface area contributed by atoms with Gasteiger partial charge in [-0.15, -0.1) is 0 Å². The summed E-state index contributed by atoms with van der Waals surface area (Å²) in [6.07, 6.45) is 0.643. The van der Waals surface area contributed by atoms with Gasteiger partial charge in [0.15, 0.2) is 5.96 Å². The molecule has 0 aromatic carbocycles. The van der Waals surface area contributed by atoms with Crippen LogP contribution in [-0.2, 0) is 0 Å². The molecule has 1 aliphatic heterocycles. The second-order valence-corrected chi connectivity index (χ2v) is 5.35. The summed E-state index contributed by atoms with van der Waals surface area (Å²) in [5.41, 5.74) is 0. The molecule has 0 spiro atoms. The first-order valence-corrected chi connectivity index (χ1v) is 7.53. The van der Waals surface area contributed by atoms with Gasteiger partial charge in [0.05, 0.1) is 12.6 Å². The van der Waals surface area contributed by atoms with Gasteiger partial charge in [0.2, 0.25) is 0 Å². The minimum Gasteiger partial charge on any atom is -0.391 e. The van der Waals surface area contributed by atoms with Crippen molar-refractivity contribution in [2.75, 3.05) is 39.3 Å². The average Bonchev–Trinajstić information content (AvgIpc) is 2.79. The van der Waals surface area contributed by atoms with E-state index in [-0.39, 0.29) is 6.10 Å². The first-order chi connectivity index (χ1) is 9.08. The van der Waals surface area contributed by atoms with E-state index in [9.17, 15) is 5.11 Å². The van der Waals surface area contributed by atoms with Gasteiger partial charge < -0.3 is 15.3 Å². The molecule has 1 fully saturated rings. The molecule has 1 rings (SSSR count). The topological polar surface area (TPSA) is 51.1 Å². The minimum absolute atomic E-state index is 0.202. The van der Waals surface area contributed by atoms with Gasteiger partial charge in [0, 0.05) is 32.2 Å². The number of hydrogen-bond donors (Lipinski definition) is 2. The molecule has 0 saturated carbocycles. The summed E-state index contributed by atoms with van der Waals surface area (Å²) in [6.45, 7) is 14.0. The first-order valence-electron chi connectivity index (χ1n) is 7.53. The Bertz CT molecular complexity index is 281. The summed E-state index contributed by atoms with van der Waals surface area (Å²) in [6, 6.07) is 0.566. The van der Waals surface area contributed by atoms with Crippen LogP contribution >= 0.6 is 0 Å². The molecular formula is C14H30N4O. The van der Waals surface area contributed by atoms with Crippen LogP contribution < -0.4 is 5.32 Å². The Labute approximate surface area is 117 Å². The second kappa shape index (κ2) is 8.38. The number of nitrogens with zero attached hydrogens (tertiary/aromatic N) is 3. The highest BCUT2D eigenvalue weighted by atomic mass is 16.3. The van der Waals surface area contributed by atoms with Crippen molar-refractivity contribution in [3.8, 4) is 0 Å². The maximum atomic E-state index is 9.61. The lowest BCUT2D eigenvalue weighted by atomic mass is 10.3. The number of hydrogen-bond acceptors (Lipinski definition) is 3. The Balaban J connectivity index is 2.48. The predicted octanol–water partition coefficient (Wildman–Crippen LogP) is 0.749. The normalized spacial score (nSPS) is 20.7. The van der Waals surface area contributed by atoms with Crippen molar-refractivity contribution >= 4 is 5.96 Å². The fraction of sp³-hybridized carbons (Fsp3) is 0.929. The van der Waals surface area contributed by atoms with E-state index in [1.807, 2.05) is 0 Å². The van der Waals surface area contributed by atoms with E-state index in [1.54, 1.807) is 0 Å². The van der Waals surface area contributed by atoms with Crippen molar-refractivity contribution in [1.82, 2.24) is 15.1 Å². The van der Waals surface area contributed by atoms with Crippen molar-refractivity contribution in [3.63, 3.8) is 0 Å². The Morgan fingerprint density at radius 3 is 2.68 bits per heavy atom. The largest absolute Gasteiger partial charge is 0.391 e. The fourth-order valence-corrected chi connectivity index (χ4v) is 2.43. The van der Waals surface area contributed by atoms with Crippen LogP contribution in [0, 0.1) is 0 Å². The van der Waals surface area contributed by atoms with Gasteiger partial charge in [-0.2, -0.15) is 0 Å². The maximum absolute atomic E-state index is 9.61. The zero-order valence-corrected chi connectivity index (χ0v) is 12.9. The Morgan fingerprint density at radius 2 is 2.21 bits per heavy atom. The van der Waals surface area contributed by atoms with Crippen LogP contribution in [0.1, 0.15) is 34.1 Å². The lowest BCUT2D eigenvalue weighted by Crippen LogP contribution is -2.41. The molecule has 1 heterocycles. The molecule has 112 valence electrons. The Kier molecular flexibility index (Phi) is 7.16. The highest BCUT2D eigenvalue weighted by Gasteiger charge is 2.22. The van der Waals surface area contributed by atoms with Crippen LogP contribution in [0.5, 0.6) is 0 Å². The first kappa shape index (κ1) is 16.2. The van der Waals surface area contributed by atoms with E-state index in [2.05, 4.69) is 47.8 Å². The number of β-amino-alcohol motifs (C(OH)–C–C–N with tert-alkyl or cyclic N) is 1. The van der Waals surface area contributed by atoms with Gasteiger partial charge in [0.1, 0.15) is 0 Å². The number of nitrogens with one attached hydrogen (secondary N) is 1. The van der Waals surface area contributed by atoms with Crippen molar-refractivity contribution in [1.29, 1.82) is 0 Å². The molecule has 0 aromatic rings. The van der Waals surface area contributed by atoms with Crippen LogP contribution in [0.3, 0.4) is 0 Å². The van der Waals surface area contributed by atoms with Gasteiger partial charge in [-0.1, -0.05) is 6.92 Å². The highest BCUT2D eigenvalue weighted by Crippen LogP contribution is 2.08. The molecule has 5 nitrogen and oxygen atoms in total. The molecule has 0 amide bonds. The predicted molar refractivity (Wildman–Crippen MR) is 80.6 cm³/mol. The third-order valence-electron chi connectivity index (χ3n) is 3.58. The third-order valence-corrected chi connectivity index (χ3v) is 3.58. The van der Waals surface area contributed by atoms with Crippen LogP contribution in [0.2, 0.25) is 0 Å². The fourth-order valence-electron chi connectivity index (χ4n) is 2.43. The quantitative estimate of drug-likeness (QED) is 0.552. The van der Waals surface area contributed by atoms with Crippen LogP contribution in [0.15, 0.2) is 4.99 Å². The number of aliphatic hydroxyl groups is 1. The molecule has 2 N–H and O–H groups in total.